The van der Waals surface area contributed by atoms with Gasteiger partial charge in [0, 0.05) is 23.7 Å². The van der Waals surface area contributed by atoms with Crippen LogP contribution in [0.1, 0.15) is 54.7 Å². The number of benzene rings is 2. The normalized spacial score (nSPS) is 18.1. The highest BCUT2D eigenvalue weighted by atomic mass is 35.5. The summed E-state index contributed by atoms with van der Waals surface area (Å²) in [5.41, 5.74) is 1.75. The first-order valence-electron chi connectivity index (χ1n) is 9.81. The number of ether oxygens (including phenoxy) is 1. The molecule has 5 nitrogen and oxygen atoms in total. The highest BCUT2D eigenvalue weighted by Crippen LogP contribution is 2.29. The van der Waals surface area contributed by atoms with Gasteiger partial charge in [-0.3, -0.25) is 9.69 Å². The fourth-order valence-corrected chi connectivity index (χ4v) is 3.62. The molecular formula is C23H27ClN2O3. The van der Waals surface area contributed by atoms with Crippen molar-refractivity contribution in [1.29, 1.82) is 0 Å². The van der Waals surface area contributed by atoms with Crippen molar-refractivity contribution in [2.75, 3.05) is 13.2 Å². The fraction of sp³-hybridized carbons (Fsp3) is 0.391. The molecule has 2 aromatic rings. The van der Waals surface area contributed by atoms with Crippen LogP contribution in [0.3, 0.4) is 0 Å². The quantitative estimate of drug-likeness (QED) is 0.758. The number of cyclic esters (lactones) is 1. The monoisotopic (exact) mass is 414 g/mol. The lowest BCUT2D eigenvalue weighted by atomic mass is 9.96. The van der Waals surface area contributed by atoms with E-state index in [0.29, 0.717) is 42.3 Å². The minimum atomic E-state index is -0.605. The number of carbonyl (C=O) groups is 2. The van der Waals surface area contributed by atoms with Crippen molar-refractivity contribution in [2.45, 2.75) is 45.3 Å². The fourth-order valence-electron chi connectivity index (χ4n) is 3.50. The zero-order valence-electron chi connectivity index (χ0n) is 17.1. The van der Waals surface area contributed by atoms with Gasteiger partial charge < -0.3 is 10.1 Å². The lowest BCUT2D eigenvalue weighted by Gasteiger charge is -2.33. The summed E-state index contributed by atoms with van der Waals surface area (Å²) < 4.78 is 5.42. The Morgan fingerprint density at radius 3 is 2.55 bits per heavy atom. The average Bonchev–Trinajstić information content (AvgIpc) is 2.71. The van der Waals surface area contributed by atoms with Crippen LogP contribution < -0.4 is 5.32 Å². The molecule has 29 heavy (non-hydrogen) atoms. The standard InChI is InChI=1S/C23H27ClN2O3/c1-23(2,3)25-21(27)20-18-7-4-5-8-19(18)22(28)29-14-6-13-26(20)15-16-9-11-17(24)12-10-16/h4-5,7-12,20H,6,13-15H2,1-3H3,(H,25,27). The molecule has 0 saturated carbocycles. The topological polar surface area (TPSA) is 58.6 Å². The zero-order chi connectivity index (χ0) is 21.0. The average molecular weight is 415 g/mol. The summed E-state index contributed by atoms with van der Waals surface area (Å²) in [7, 11) is 0. The molecule has 1 aliphatic heterocycles. The Hall–Kier alpha value is -2.37. The molecule has 154 valence electrons. The molecule has 1 atom stereocenters. The predicted molar refractivity (Wildman–Crippen MR) is 114 cm³/mol. The van der Waals surface area contributed by atoms with E-state index in [-0.39, 0.29) is 11.9 Å². The van der Waals surface area contributed by atoms with E-state index in [9.17, 15) is 9.59 Å². The Balaban J connectivity index is 2.05. The van der Waals surface area contributed by atoms with Crippen molar-refractivity contribution < 1.29 is 14.3 Å². The van der Waals surface area contributed by atoms with Crippen LogP contribution in [0.2, 0.25) is 5.02 Å². The molecule has 0 saturated heterocycles. The van der Waals surface area contributed by atoms with Gasteiger partial charge in [0.1, 0.15) is 6.04 Å². The summed E-state index contributed by atoms with van der Waals surface area (Å²) in [6.07, 6.45) is 0.645. The number of amides is 1. The van der Waals surface area contributed by atoms with E-state index < -0.39 is 11.6 Å². The van der Waals surface area contributed by atoms with Crippen molar-refractivity contribution >= 4 is 23.5 Å². The number of hydrogen-bond donors (Lipinski definition) is 1. The number of esters is 1. The van der Waals surface area contributed by atoms with Crippen molar-refractivity contribution in [2.24, 2.45) is 0 Å². The van der Waals surface area contributed by atoms with Gasteiger partial charge in [-0.15, -0.1) is 0 Å². The van der Waals surface area contributed by atoms with Crippen LogP contribution in [-0.4, -0.2) is 35.5 Å². The highest BCUT2D eigenvalue weighted by Gasteiger charge is 2.34. The van der Waals surface area contributed by atoms with E-state index in [1.165, 1.54) is 0 Å². The summed E-state index contributed by atoms with van der Waals surface area (Å²) >= 11 is 6.03. The molecule has 3 rings (SSSR count). The second-order valence-electron chi connectivity index (χ2n) is 8.32. The molecule has 0 aromatic heterocycles. The smallest absolute Gasteiger partial charge is 0.338 e. The van der Waals surface area contributed by atoms with Gasteiger partial charge in [-0.05, 0) is 56.5 Å². The van der Waals surface area contributed by atoms with E-state index >= 15 is 0 Å². The summed E-state index contributed by atoms with van der Waals surface area (Å²) in [5, 5.41) is 3.76. The largest absolute Gasteiger partial charge is 0.462 e. The first kappa shape index (κ1) is 21.3. The Kier molecular flexibility index (Phi) is 6.60. The maximum absolute atomic E-state index is 13.4. The Morgan fingerprint density at radius 2 is 1.86 bits per heavy atom. The third-order valence-electron chi connectivity index (χ3n) is 4.71. The van der Waals surface area contributed by atoms with Gasteiger partial charge in [-0.1, -0.05) is 41.9 Å². The van der Waals surface area contributed by atoms with Crippen molar-refractivity contribution in [3.05, 3.63) is 70.2 Å². The lowest BCUT2D eigenvalue weighted by molar-refractivity contribution is -0.128. The van der Waals surface area contributed by atoms with Gasteiger partial charge in [0.05, 0.1) is 12.2 Å². The Morgan fingerprint density at radius 1 is 1.17 bits per heavy atom. The second-order valence-corrected chi connectivity index (χ2v) is 8.75. The number of hydrogen-bond acceptors (Lipinski definition) is 4. The number of rotatable bonds is 3. The number of nitrogens with zero attached hydrogens (tertiary/aromatic N) is 1. The van der Waals surface area contributed by atoms with Gasteiger partial charge in [-0.2, -0.15) is 0 Å². The van der Waals surface area contributed by atoms with Crippen LogP contribution in [-0.2, 0) is 16.1 Å². The molecule has 0 bridgehead atoms. The van der Waals surface area contributed by atoms with Crippen molar-refractivity contribution in [3.63, 3.8) is 0 Å². The molecule has 2 aromatic carbocycles. The molecule has 0 fully saturated rings. The van der Waals surface area contributed by atoms with E-state index in [4.69, 9.17) is 16.3 Å². The third-order valence-corrected chi connectivity index (χ3v) is 4.96. The van der Waals surface area contributed by atoms with Crippen molar-refractivity contribution in [3.8, 4) is 0 Å². The summed E-state index contributed by atoms with van der Waals surface area (Å²) in [6, 6.07) is 14.2. The van der Waals surface area contributed by atoms with Crippen LogP contribution in [0.4, 0.5) is 0 Å². The first-order chi connectivity index (χ1) is 13.7. The summed E-state index contributed by atoms with van der Waals surface area (Å²) in [4.78, 5) is 28.1. The Labute approximate surface area is 177 Å². The van der Waals surface area contributed by atoms with Gasteiger partial charge in [0.25, 0.3) is 0 Å². The van der Waals surface area contributed by atoms with Crippen LogP contribution >= 0.6 is 11.6 Å². The molecule has 1 unspecified atom stereocenters. The summed E-state index contributed by atoms with van der Waals surface area (Å²) in [5.74, 6) is -0.517. The van der Waals surface area contributed by atoms with Gasteiger partial charge in [-0.25, -0.2) is 4.79 Å². The minimum absolute atomic E-state index is 0.131. The molecule has 6 heteroatoms. The number of fused-ring (bicyclic) bond motifs is 1. The molecule has 1 N–H and O–H groups in total. The summed E-state index contributed by atoms with van der Waals surface area (Å²) in [6.45, 7) is 7.34. The molecular weight excluding hydrogens is 388 g/mol. The van der Waals surface area contributed by atoms with Crippen LogP contribution in [0, 0.1) is 0 Å². The predicted octanol–water partition coefficient (Wildman–Crippen LogP) is 4.36. The van der Waals surface area contributed by atoms with Crippen LogP contribution in [0.25, 0.3) is 0 Å². The van der Waals surface area contributed by atoms with Gasteiger partial charge in [0.2, 0.25) is 5.91 Å². The van der Waals surface area contributed by atoms with Crippen LogP contribution in [0.15, 0.2) is 48.5 Å². The number of carbonyl (C=O) groups excluding carboxylic acids is 2. The molecule has 1 amide bonds. The SMILES string of the molecule is CC(C)(C)NC(=O)C1c2ccccc2C(=O)OCCCN1Cc1ccc(Cl)cc1. The molecule has 0 aliphatic carbocycles. The van der Waals surface area contributed by atoms with E-state index in [1.807, 2.05) is 57.2 Å². The van der Waals surface area contributed by atoms with Crippen molar-refractivity contribution in [1.82, 2.24) is 10.2 Å². The van der Waals surface area contributed by atoms with Gasteiger partial charge >= 0.3 is 5.97 Å². The van der Waals surface area contributed by atoms with E-state index in [2.05, 4.69) is 10.2 Å². The maximum Gasteiger partial charge on any atom is 0.338 e. The third kappa shape index (κ3) is 5.58. The molecule has 0 radical (unpaired) electrons. The zero-order valence-corrected chi connectivity index (χ0v) is 17.8. The Bertz CT molecular complexity index is 874. The maximum atomic E-state index is 13.4. The minimum Gasteiger partial charge on any atom is -0.462 e. The molecule has 0 spiro atoms. The lowest BCUT2D eigenvalue weighted by Crippen LogP contribution is -2.48. The molecule has 1 aliphatic rings. The second kappa shape index (κ2) is 8.97. The van der Waals surface area contributed by atoms with E-state index in [1.54, 1.807) is 12.1 Å². The van der Waals surface area contributed by atoms with Crippen LogP contribution in [0.5, 0.6) is 0 Å². The van der Waals surface area contributed by atoms with Gasteiger partial charge in [0.15, 0.2) is 0 Å². The molecule has 1 heterocycles. The highest BCUT2D eigenvalue weighted by molar-refractivity contribution is 6.30. The number of nitrogens with one attached hydrogen (secondary N) is 1. The van der Waals surface area contributed by atoms with E-state index in [0.717, 1.165) is 5.56 Å². The first-order valence-corrected chi connectivity index (χ1v) is 10.2. The number of halogens is 1.